The van der Waals surface area contributed by atoms with E-state index in [2.05, 4.69) is 20.6 Å². The predicted molar refractivity (Wildman–Crippen MR) is 210 cm³/mol. The van der Waals surface area contributed by atoms with E-state index in [9.17, 15) is 27.9 Å². The summed E-state index contributed by atoms with van der Waals surface area (Å²) in [4.78, 5) is 34.5. The van der Waals surface area contributed by atoms with Gasteiger partial charge in [-0.15, -0.1) is 0 Å². The summed E-state index contributed by atoms with van der Waals surface area (Å²) in [6.07, 6.45) is -1.15. The maximum absolute atomic E-state index is 15.7. The molecule has 3 N–H and O–H groups in total. The van der Waals surface area contributed by atoms with Crippen molar-refractivity contribution in [2.75, 3.05) is 27.3 Å². The summed E-state index contributed by atoms with van der Waals surface area (Å²) in [5, 5.41) is 16.3. The summed E-state index contributed by atoms with van der Waals surface area (Å²) in [5.74, 6) is -1.95. The zero-order valence-corrected chi connectivity index (χ0v) is 33.3. The third-order valence-electron chi connectivity index (χ3n) is 12.3. The molecule has 59 heavy (non-hydrogen) atoms. The van der Waals surface area contributed by atoms with Gasteiger partial charge in [0, 0.05) is 67.4 Å². The Labute approximate surface area is 343 Å². The van der Waals surface area contributed by atoms with E-state index in [0.29, 0.717) is 79.6 Å². The summed E-state index contributed by atoms with van der Waals surface area (Å²) in [7, 11) is 2.75. The number of methoxy groups -OCH3 is 2. The third kappa shape index (κ3) is 7.92. The summed E-state index contributed by atoms with van der Waals surface area (Å²) in [6, 6.07) is 13.2. The van der Waals surface area contributed by atoms with Crippen LogP contribution in [0.4, 0.5) is 17.6 Å². The van der Waals surface area contributed by atoms with Gasteiger partial charge in [-0.3, -0.25) is 14.5 Å². The first kappa shape index (κ1) is 40.8. The molecule has 0 spiro atoms. The number of halogens is 5. The highest BCUT2D eigenvalue weighted by Crippen LogP contribution is 2.48. The molecule has 5 aliphatic rings. The van der Waals surface area contributed by atoms with Gasteiger partial charge in [0.1, 0.15) is 17.5 Å². The van der Waals surface area contributed by atoms with Crippen LogP contribution in [0.3, 0.4) is 0 Å². The second kappa shape index (κ2) is 16.2. The molecular formula is C43H44ClF4N5O6. The largest absolute Gasteiger partial charge is 0.481 e. The molecule has 3 saturated heterocycles. The molecule has 312 valence electrons. The molecule has 5 heterocycles. The Balaban J connectivity index is 1.05. The lowest BCUT2D eigenvalue weighted by Gasteiger charge is -2.50. The fourth-order valence-corrected chi connectivity index (χ4v) is 9.56. The third-order valence-corrected chi connectivity index (χ3v) is 12.7. The van der Waals surface area contributed by atoms with E-state index in [1.165, 1.54) is 20.3 Å². The van der Waals surface area contributed by atoms with Crippen molar-refractivity contribution in [3.63, 3.8) is 0 Å². The molecule has 0 radical (unpaired) electrons. The van der Waals surface area contributed by atoms with Crippen LogP contribution in [0.2, 0.25) is 5.02 Å². The Bertz CT molecular complexity index is 2280. The Morgan fingerprint density at radius 1 is 0.983 bits per heavy atom. The highest BCUT2D eigenvalue weighted by molar-refractivity contribution is 6.36. The second-order valence-electron chi connectivity index (χ2n) is 15.8. The summed E-state index contributed by atoms with van der Waals surface area (Å²) >= 11 is 7.07. The number of carboxylic acids is 1. The van der Waals surface area contributed by atoms with Crippen LogP contribution in [-0.2, 0) is 35.3 Å². The smallest absolute Gasteiger partial charge is 0.421 e. The lowest BCUT2D eigenvalue weighted by molar-refractivity contribution is -0.160. The highest BCUT2D eigenvalue weighted by atomic mass is 35.5. The Morgan fingerprint density at radius 2 is 1.71 bits per heavy atom. The number of fused-ring (bicyclic) bond motifs is 4. The first-order valence-electron chi connectivity index (χ1n) is 19.7. The van der Waals surface area contributed by atoms with Gasteiger partial charge >= 0.3 is 12.1 Å². The first-order valence-corrected chi connectivity index (χ1v) is 20.1. The van der Waals surface area contributed by atoms with Crippen LogP contribution in [0.1, 0.15) is 78.9 Å². The van der Waals surface area contributed by atoms with Crippen molar-refractivity contribution in [1.82, 2.24) is 25.5 Å². The number of ether oxygens (including phenoxy) is 3. The van der Waals surface area contributed by atoms with Gasteiger partial charge in [0.05, 0.1) is 35.9 Å². The molecule has 9 rings (SSSR count). The molecule has 0 unspecified atom stereocenters. The molecule has 4 fully saturated rings. The molecule has 11 nitrogen and oxygen atoms in total. The first-order chi connectivity index (χ1) is 28.3. The van der Waals surface area contributed by atoms with Crippen molar-refractivity contribution in [2.45, 2.75) is 88.8 Å². The maximum atomic E-state index is 15.7. The lowest BCUT2D eigenvalue weighted by Crippen LogP contribution is -2.56. The van der Waals surface area contributed by atoms with Gasteiger partial charge in [0.15, 0.2) is 0 Å². The van der Waals surface area contributed by atoms with Crippen LogP contribution in [0.15, 0.2) is 48.5 Å². The van der Waals surface area contributed by atoms with Gasteiger partial charge in [-0.05, 0) is 67.7 Å². The van der Waals surface area contributed by atoms with Crippen molar-refractivity contribution >= 4 is 23.5 Å². The number of benzene rings is 2. The molecule has 1 saturated carbocycles. The van der Waals surface area contributed by atoms with Crippen molar-refractivity contribution in [3.8, 4) is 40.0 Å². The number of nitrogens with one attached hydrogen (secondary N) is 2. The fraction of sp³-hybridized carbons (Fsp3) is 0.442. The van der Waals surface area contributed by atoms with Crippen LogP contribution in [0.25, 0.3) is 22.4 Å². The number of aliphatic carboxylic acids is 1. The standard InChI is InChI=1S/C43H44ClF4N5O6/c1-57-38-23(21-53-22-42(41(55)56)15-13-25(53)14-16-42)17-32(43(46,47)48)40(52-38)59-35-11-10-27-26(5-3-6-28(27)35)29-7-4-8-30(37(29)44)34-18-33(45)31(39(51-34)58-2)20-49-19-24-9-12-36(54)50-24/h3-8,17-18,24-25,35,49H,9-16,19-22H2,1-2H3,(H,50,54)(H,55,56)/t24-,25?,35-,42?/m0/s1. The van der Waals surface area contributed by atoms with E-state index >= 15 is 4.39 Å². The SMILES string of the molecule is COc1nc(O[C@H]2CCc3c(-c4cccc(-c5cc(F)c(CNC[C@@H]6CCC(=O)N6)c(OC)n5)c4Cl)cccc32)c(C(F)(F)F)cc1CN1CC2(C(=O)O)CCC1CC2. The van der Waals surface area contributed by atoms with Crippen molar-refractivity contribution in [3.05, 3.63) is 87.2 Å². The van der Waals surface area contributed by atoms with Crippen molar-refractivity contribution in [2.24, 2.45) is 5.41 Å². The number of carboxylic acid groups (broad SMARTS) is 1. The highest BCUT2D eigenvalue weighted by Gasteiger charge is 2.50. The van der Waals surface area contributed by atoms with Gasteiger partial charge in [-0.1, -0.05) is 48.0 Å². The molecule has 2 aromatic carbocycles. The molecule has 2 atom stereocenters. The number of carbonyl (C=O) groups excluding carboxylic acids is 1. The van der Waals surface area contributed by atoms with E-state index in [1.54, 1.807) is 18.2 Å². The summed E-state index contributed by atoms with van der Waals surface area (Å²) < 4.78 is 77.0. The quantitative estimate of drug-likeness (QED) is 0.114. The van der Waals surface area contributed by atoms with Crippen LogP contribution in [0, 0.1) is 11.2 Å². The van der Waals surface area contributed by atoms with E-state index < -0.39 is 40.9 Å². The number of aromatic nitrogens is 2. The molecule has 2 aliphatic carbocycles. The minimum absolute atomic E-state index is 0.00551. The molecule has 3 aliphatic heterocycles. The lowest BCUT2D eigenvalue weighted by atomic mass is 9.67. The fourth-order valence-electron chi connectivity index (χ4n) is 9.24. The van der Waals surface area contributed by atoms with Crippen LogP contribution < -0.4 is 24.8 Å². The van der Waals surface area contributed by atoms with Gasteiger partial charge in [0.25, 0.3) is 0 Å². The number of hydrogen-bond donors (Lipinski definition) is 3. The second-order valence-corrected chi connectivity index (χ2v) is 16.2. The minimum atomic E-state index is -4.80. The van der Waals surface area contributed by atoms with Crippen LogP contribution >= 0.6 is 11.6 Å². The van der Waals surface area contributed by atoms with Crippen molar-refractivity contribution in [1.29, 1.82) is 0 Å². The van der Waals surface area contributed by atoms with E-state index in [1.807, 2.05) is 23.1 Å². The zero-order chi connectivity index (χ0) is 41.6. The number of pyridine rings is 2. The molecule has 2 bridgehead atoms. The van der Waals surface area contributed by atoms with Gasteiger partial charge < -0.3 is 30.0 Å². The zero-order valence-electron chi connectivity index (χ0n) is 32.6. The van der Waals surface area contributed by atoms with E-state index in [-0.39, 0.29) is 66.2 Å². The van der Waals surface area contributed by atoms with E-state index in [0.717, 1.165) is 17.2 Å². The Morgan fingerprint density at radius 3 is 2.41 bits per heavy atom. The van der Waals surface area contributed by atoms with Gasteiger partial charge in [-0.2, -0.15) is 18.2 Å². The average molecular weight is 838 g/mol. The molecule has 2 aromatic heterocycles. The number of alkyl halides is 3. The number of piperidine rings is 2. The van der Waals surface area contributed by atoms with Gasteiger partial charge in [-0.25, -0.2) is 9.37 Å². The van der Waals surface area contributed by atoms with Crippen molar-refractivity contribution < 1.29 is 46.5 Å². The molecule has 1 amide bonds. The topological polar surface area (TPSA) is 135 Å². The van der Waals surface area contributed by atoms with E-state index in [4.69, 9.17) is 25.8 Å². The maximum Gasteiger partial charge on any atom is 0.421 e. The predicted octanol–water partition coefficient (Wildman–Crippen LogP) is 7.90. The molecular weight excluding hydrogens is 794 g/mol. The molecule has 4 aromatic rings. The van der Waals surface area contributed by atoms with Crippen LogP contribution in [-0.4, -0.2) is 71.2 Å². The average Bonchev–Trinajstić information content (AvgIpc) is 3.84. The van der Waals surface area contributed by atoms with Gasteiger partial charge in [0.2, 0.25) is 23.5 Å². The summed E-state index contributed by atoms with van der Waals surface area (Å²) in [5.41, 5.74) is 2.11. The normalized spacial score (nSPS) is 22.6. The monoisotopic (exact) mass is 837 g/mol. The Hall–Kier alpha value is -4.99. The number of rotatable bonds is 13. The molecule has 16 heteroatoms. The Kier molecular flexibility index (Phi) is 11.2. The summed E-state index contributed by atoms with van der Waals surface area (Å²) in [6.45, 7) is 0.912. The number of hydrogen-bond acceptors (Lipinski definition) is 9. The number of nitrogens with zero attached hydrogens (tertiary/aromatic N) is 3. The number of carbonyl (C=O) groups is 2. The number of amides is 1. The van der Waals surface area contributed by atoms with Crippen LogP contribution in [0.5, 0.6) is 17.6 Å². The minimum Gasteiger partial charge on any atom is -0.481 e.